The van der Waals surface area contributed by atoms with Crippen molar-refractivity contribution >= 4 is 0 Å². The normalized spacial score (nSPS) is 33.6. The van der Waals surface area contributed by atoms with Gasteiger partial charge in [-0.1, -0.05) is 12.8 Å². The molecular weight excluding hydrogens is 208 g/mol. The zero-order valence-corrected chi connectivity index (χ0v) is 10.4. The van der Waals surface area contributed by atoms with Gasteiger partial charge in [0.15, 0.2) is 0 Å². The van der Waals surface area contributed by atoms with Gasteiger partial charge in [0.05, 0.1) is 0 Å². The SMILES string of the molecule is NC1(Cc2ccncc2)CCCC(C2CC2)C1. The number of nitrogens with zero attached hydrogens (tertiary/aromatic N) is 1. The molecule has 2 aliphatic carbocycles. The Morgan fingerprint density at radius 3 is 2.65 bits per heavy atom. The topological polar surface area (TPSA) is 38.9 Å². The van der Waals surface area contributed by atoms with Gasteiger partial charge >= 0.3 is 0 Å². The highest BCUT2D eigenvalue weighted by Crippen LogP contribution is 2.46. The molecule has 0 aliphatic heterocycles. The van der Waals surface area contributed by atoms with Crippen LogP contribution in [0.5, 0.6) is 0 Å². The average molecular weight is 230 g/mol. The number of nitrogens with two attached hydrogens (primary N) is 1. The number of rotatable bonds is 3. The van der Waals surface area contributed by atoms with Crippen LogP contribution in [0.2, 0.25) is 0 Å². The van der Waals surface area contributed by atoms with Crippen molar-refractivity contribution in [3.05, 3.63) is 30.1 Å². The Hall–Kier alpha value is -0.890. The predicted molar refractivity (Wildman–Crippen MR) is 69.5 cm³/mol. The molecule has 2 atom stereocenters. The smallest absolute Gasteiger partial charge is 0.0270 e. The fraction of sp³-hybridized carbons (Fsp3) is 0.667. The molecule has 0 aromatic carbocycles. The summed E-state index contributed by atoms with van der Waals surface area (Å²) >= 11 is 0. The Kier molecular flexibility index (Phi) is 2.91. The first-order chi connectivity index (χ1) is 8.25. The molecular formula is C15H22N2. The van der Waals surface area contributed by atoms with Gasteiger partial charge in [0.25, 0.3) is 0 Å². The molecule has 3 rings (SSSR count). The summed E-state index contributed by atoms with van der Waals surface area (Å²) < 4.78 is 0. The van der Waals surface area contributed by atoms with Crippen molar-refractivity contribution < 1.29 is 0 Å². The number of pyridine rings is 1. The first-order valence-corrected chi connectivity index (χ1v) is 6.93. The second-order valence-corrected chi connectivity index (χ2v) is 6.09. The Morgan fingerprint density at radius 2 is 1.94 bits per heavy atom. The van der Waals surface area contributed by atoms with Crippen molar-refractivity contribution in [1.29, 1.82) is 0 Å². The quantitative estimate of drug-likeness (QED) is 0.867. The molecule has 2 unspecified atom stereocenters. The Bertz CT molecular complexity index is 372. The molecule has 0 saturated heterocycles. The molecule has 0 radical (unpaired) electrons. The zero-order chi connectivity index (χ0) is 11.7. The van der Waals surface area contributed by atoms with Gasteiger partial charge in [-0.25, -0.2) is 0 Å². The monoisotopic (exact) mass is 230 g/mol. The minimum Gasteiger partial charge on any atom is -0.325 e. The highest BCUT2D eigenvalue weighted by atomic mass is 14.8. The second-order valence-electron chi connectivity index (χ2n) is 6.09. The van der Waals surface area contributed by atoms with Crippen LogP contribution in [-0.4, -0.2) is 10.5 Å². The third-order valence-electron chi connectivity index (χ3n) is 4.51. The first kappa shape index (κ1) is 11.2. The van der Waals surface area contributed by atoms with Gasteiger partial charge in [-0.05, 0) is 61.6 Å². The van der Waals surface area contributed by atoms with Crippen LogP contribution in [0, 0.1) is 11.8 Å². The van der Waals surface area contributed by atoms with Crippen LogP contribution in [0.3, 0.4) is 0 Å². The lowest BCUT2D eigenvalue weighted by Crippen LogP contribution is -2.46. The Labute approximate surface area is 104 Å². The summed E-state index contributed by atoms with van der Waals surface area (Å²) in [4.78, 5) is 4.07. The summed E-state index contributed by atoms with van der Waals surface area (Å²) in [5.41, 5.74) is 8.02. The van der Waals surface area contributed by atoms with Crippen molar-refractivity contribution in [3.8, 4) is 0 Å². The van der Waals surface area contributed by atoms with E-state index in [1.165, 1.54) is 44.1 Å². The first-order valence-electron chi connectivity index (χ1n) is 6.93. The van der Waals surface area contributed by atoms with Crippen LogP contribution in [0.15, 0.2) is 24.5 Å². The van der Waals surface area contributed by atoms with Crippen molar-refractivity contribution in [2.45, 2.75) is 50.5 Å². The van der Waals surface area contributed by atoms with Crippen LogP contribution in [0.4, 0.5) is 0 Å². The maximum absolute atomic E-state index is 6.63. The second kappa shape index (κ2) is 4.41. The van der Waals surface area contributed by atoms with E-state index in [2.05, 4.69) is 17.1 Å². The van der Waals surface area contributed by atoms with Crippen molar-refractivity contribution in [1.82, 2.24) is 4.98 Å². The fourth-order valence-electron chi connectivity index (χ4n) is 3.48. The maximum Gasteiger partial charge on any atom is 0.0270 e. The molecule has 2 saturated carbocycles. The lowest BCUT2D eigenvalue weighted by atomic mass is 9.72. The van der Waals surface area contributed by atoms with E-state index in [9.17, 15) is 0 Å². The molecule has 17 heavy (non-hydrogen) atoms. The number of hydrogen-bond acceptors (Lipinski definition) is 2. The fourth-order valence-corrected chi connectivity index (χ4v) is 3.48. The van der Waals surface area contributed by atoms with E-state index >= 15 is 0 Å². The molecule has 0 spiro atoms. The summed E-state index contributed by atoms with van der Waals surface area (Å²) in [6, 6.07) is 4.21. The predicted octanol–water partition coefficient (Wildman–Crippen LogP) is 2.92. The standard InChI is InChI=1S/C15H22N2/c16-15(10-12-5-8-17-9-6-12)7-1-2-14(11-15)13-3-4-13/h5-6,8-9,13-14H,1-4,7,10-11,16H2. The summed E-state index contributed by atoms with van der Waals surface area (Å²) in [7, 11) is 0. The third kappa shape index (κ3) is 2.68. The summed E-state index contributed by atoms with van der Waals surface area (Å²) in [6.45, 7) is 0. The molecule has 2 nitrogen and oxygen atoms in total. The number of aromatic nitrogens is 1. The molecule has 92 valence electrons. The van der Waals surface area contributed by atoms with Crippen LogP contribution in [0.1, 0.15) is 44.1 Å². The van der Waals surface area contributed by atoms with Gasteiger partial charge in [-0.15, -0.1) is 0 Å². The van der Waals surface area contributed by atoms with E-state index in [0.717, 1.165) is 18.3 Å². The molecule has 0 amide bonds. The summed E-state index contributed by atoms with van der Waals surface area (Å²) in [5.74, 6) is 1.92. The van der Waals surface area contributed by atoms with Gasteiger partial charge < -0.3 is 5.73 Å². The average Bonchev–Trinajstić information content (AvgIpc) is 3.13. The Morgan fingerprint density at radius 1 is 1.18 bits per heavy atom. The molecule has 1 aromatic rings. The summed E-state index contributed by atoms with van der Waals surface area (Å²) in [5, 5.41) is 0. The molecule has 2 aliphatic rings. The van der Waals surface area contributed by atoms with Gasteiger partial charge in [0, 0.05) is 17.9 Å². The van der Waals surface area contributed by atoms with Gasteiger partial charge in [0.2, 0.25) is 0 Å². The van der Waals surface area contributed by atoms with Crippen LogP contribution < -0.4 is 5.73 Å². The highest BCUT2D eigenvalue weighted by molar-refractivity contribution is 5.14. The molecule has 1 aromatic heterocycles. The van der Waals surface area contributed by atoms with E-state index in [0.29, 0.717) is 0 Å². The molecule has 0 bridgehead atoms. The van der Waals surface area contributed by atoms with Gasteiger partial charge in [0.1, 0.15) is 0 Å². The lowest BCUT2D eigenvalue weighted by molar-refractivity contribution is 0.204. The number of hydrogen-bond donors (Lipinski definition) is 1. The van der Waals surface area contributed by atoms with E-state index in [1.807, 2.05) is 12.4 Å². The molecule has 2 fully saturated rings. The van der Waals surface area contributed by atoms with E-state index in [-0.39, 0.29) is 5.54 Å². The maximum atomic E-state index is 6.63. The van der Waals surface area contributed by atoms with Crippen LogP contribution in [0.25, 0.3) is 0 Å². The lowest BCUT2D eigenvalue weighted by Gasteiger charge is -2.38. The molecule has 2 N–H and O–H groups in total. The van der Waals surface area contributed by atoms with Crippen molar-refractivity contribution in [2.24, 2.45) is 17.6 Å². The minimum atomic E-state index is 0.0485. The van der Waals surface area contributed by atoms with Crippen LogP contribution >= 0.6 is 0 Å². The summed E-state index contributed by atoms with van der Waals surface area (Å²) in [6.07, 6.45) is 12.9. The largest absolute Gasteiger partial charge is 0.325 e. The van der Waals surface area contributed by atoms with Crippen LogP contribution in [-0.2, 0) is 6.42 Å². The van der Waals surface area contributed by atoms with Crippen molar-refractivity contribution in [3.63, 3.8) is 0 Å². The Balaban J connectivity index is 1.67. The molecule has 2 heteroatoms. The van der Waals surface area contributed by atoms with E-state index in [1.54, 1.807) is 0 Å². The van der Waals surface area contributed by atoms with Crippen molar-refractivity contribution in [2.75, 3.05) is 0 Å². The van der Waals surface area contributed by atoms with E-state index in [4.69, 9.17) is 5.73 Å². The molecule has 1 heterocycles. The highest BCUT2D eigenvalue weighted by Gasteiger charge is 2.39. The van der Waals surface area contributed by atoms with Gasteiger partial charge in [-0.3, -0.25) is 4.98 Å². The van der Waals surface area contributed by atoms with E-state index < -0.39 is 0 Å². The minimum absolute atomic E-state index is 0.0485. The third-order valence-corrected chi connectivity index (χ3v) is 4.51. The van der Waals surface area contributed by atoms with Gasteiger partial charge in [-0.2, -0.15) is 0 Å². The zero-order valence-electron chi connectivity index (χ0n) is 10.4.